The number of likely N-dealkylation sites (tertiary alicyclic amines) is 1. The van der Waals surface area contributed by atoms with E-state index in [-0.39, 0.29) is 30.1 Å². The van der Waals surface area contributed by atoms with Crippen molar-refractivity contribution in [3.05, 3.63) is 17.7 Å². The summed E-state index contributed by atoms with van der Waals surface area (Å²) in [6.45, 7) is 2.30. The number of amides is 2. The summed E-state index contributed by atoms with van der Waals surface area (Å²) in [5, 5.41) is 9.76. The number of benzene rings is 1. The molecule has 3 N–H and O–H groups in total. The van der Waals surface area contributed by atoms with Crippen molar-refractivity contribution in [1.82, 2.24) is 4.90 Å². The number of hydrogen-bond acceptors (Lipinski definition) is 6. The number of ether oxygens (including phenoxy) is 3. The number of rotatable bonds is 7. The second-order valence-corrected chi connectivity index (χ2v) is 6.30. The van der Waals surface area contributed by atoms with E-state index in [2.05, 4.69) is 0 Å². The average molecular weight is 366 g/mol. The molecule has 2 atom stereocenters. The number of piperidine rings is 1. The van der Waals surface area contributed by atoms with Crippen LogP contribution in [0, 0.1) is 5.92 Å². The quantitative estimate of drug-likeness (QED) is 0.740. The van der Waals surface area contributed by atoms with Crippen molar-refractivity contribution in [2.45, 2.75) is 25.9 Å². The van der Waals surface area contributed by atoms with Crippen LogP contribution in [0.15, 0.2) is 12.1 Å². The van der Waals surface area contributed by atoms with Gasteiger partial charge in [-0.3, -0.25) is 9.59 Å². The van der Waals surface area contributed by atoms with Crippen molar-refractivity contribution >= 4 is 11.8 Å². The Labute approximate surface area is 152 Å². The number of nitrogens with zero attached hydrogens (tertiary/aromatic N) is 1. The Balaban J connectivity index is 2.10. The Morgan fingerprint density at radius 1 is 1.31 bits per heavy atom. The predicted octanol–water partition coefficient (Wildman–Crippen LogP) is 0.860. The SMILES string of the molecule is COc1cc([C@@H](C)O)cc(OC)c1OCC(=O)N1CCC[C@H](C(N)=O)C1. The highest BCUT2D eigenvalue weighted by Gasteiger charge is 2.27. The van der Waals surface area contributed by atoms with E-state index in [0.29, 0.717) is 36.6 Å². The summed E-state index contributed by atoms with van der Waals surface area (Å²) in [6, 6.07) is 3.27. The van der Waals surface area contributed by atoms with Crippen molar-refractivity contribution in [3.63, 3.8) is 0 Å². The summed E-state index contributed by atoms with van der Waals surface area (Å²) >= 11 is 0. The van der Waals surface area contributed by atoms with Gasteiger partial charge in [0.2, 0.25) is 11.7 Å². The van der Waals surface area contributed by atoms with Crippen molar-refractivity contribution in [2.24, 2.45) is 11.7 Å². The summed E-state index contributed by atoms with van der Waals surface area (Å²) in [5.74, 6) is 0.0712. The maximum Gasteiger partial charge on any atom is 0.260 e. The molecule has 1 saturated heterocycles. The van der Waals surface area contributed by atoms with Gasteiger partial charge in [0, 0.05) is 13.1 Å². The van der Waals surface area contributed by atoms with Gasteiger partial charge in [0.05, 0.1) is 26.2 Å². The van der Waals surface area contributed by atoms with Crippen LogP contribution in [0.2, 0.25) is 0 Å². The first-order chi connectivity index (χ1) is 12.4. The van der Waals surface area contributed by atoms with Crippen LogP contribution in [0.3, 0.4) is 0 Å². The normalized spacial score (nSPS) is 18.2. The highest BCUT2D eigenvalue weighted by molar-refractivity contribution is 5.81. The number of carbonyl (C=O) groups is 2. The number of methoxy groups -OCH3 is 2. The Morgan fingerprint density at radius 3 is 2.42 bits per heavy atom. The molecule has 0 aromatic heterocycles. The molecule has 144 valence electrons. The maximum absolute atomic E-state index is 12.4. The Morgan fingerprint density at radius 2 is 1.92 bits per heavy atom. The average Bonchev–Trinajstić information content (AvgIpc) is 2.65. The number of carbonyl (C=O) groups excluding carboxylic acids is 2. The van der Waals surface area contributed by atoms with Gasteiger partial charge in [0.15, 0.2) is 18.1 Å². The fourth-order valence-corrected chi connectivity index (χ4v) is 2.94. The van der Waals surface area contributed by atoms with Crippen LogP contribution >= 0.6 is 0 Å². The molecule has 8 heteroatoms. The van der Waals surface area contributed by atoms with Gasteiger partial charge in [-0.1, -0.05) is 0 Å². The molecule has 1 aromatic carbocycles. The predicted molar refractivity (Wildman–Crippen MR) is 94.2 cm³/mol. The lowest BCUT2D eigenvalue weighted by Gasteiger charge is -2.31. The third-order valence-electron chi connectivity index (χ3n) is 4.48. The van der Waals surface area contributed by atoms with E-state index in [1.54, 1.807) is 24.0 Å². The minimum atomic E-state index is -0.701. The summed E-state index contributed by atoms with van der Waals surface area (Å²) in [4.78, 5) is 25.4. The topological polar surface area (TPSA) is 111 Å². The number of aliphatic hydroxyl groups is 1. The van der Waals surface area contributed by atoms with Gasteiger partial charge in [-0.15, -0.1) is 0 Å². The standard InChI is InChI=1S/C18H26N2O6/c1-11(21)13-7-14(24-2)17(15(8-13)25-3)26-10-16(22)20-6-4-5-12(9-20)18(19)23/h7-8,11-12,21H,4-6,9-10H2,1-3H3,(H2,19,23)/t11-,12+/m1/s1. The number of nitrogens with two attached hydrogens (primary N) is 1. The molecule has 0 radical (unpaired) electrons. The van der Waals surface area contributed by atoms with Gasteiger partial charge < -0.3 is 30.0 Å². The van der Waals surface area contributed by atoms with Crippen molar-refractivity contribution < 1.29 is 28.9 Å². The smallest absolute Gasteiger partial charge is 0.260 e. The molecule has 8 nitrogen and oxygen atoms in total. The van der Waals surface area contributed by atoms with E-state index >= 15 is 0 Å². The van der Waals surface area contributed by atoms with Crippen LogP contribution < -0.4 is 19.9 Å². The zero-order valence-electron chi connectivity index (χ0n) is 15.4. The lowest BCUT2D eigenvalue weighted by molar-refractivity contribution is -0.136. The van der Waals surface area contributed by atoms with Gasteiger partial charge in [-0.25, -0.2) is 0 Å². The molecule has 1 aliphatic heterocycles. The van der Waals surface area contributed by atoms with Crippen LogP contribution in [-0.4, -0.2) is 55.7 Å². The Bertz CT molecular complexity index is 636. The van der Waals surface area contributed by atoms with Gasteiger partial charge in [0.25, 0.3) is 5.91 Å². The first-order valence-electron chi connectivity index (χ1n) is 8.51. The van der Waals surface area contributed by atoms with E-state index in [1.807, 2.05) is 0 Å². The van der Waals surface area contributed by atoms with Crippen LogP contribution in [0.1, 0.15) is 31.4 Å². The minimum absolute atomic E-state index is 0.216. The molecule has 0 bridgehead atoms. The van der Waals surface area contributed by atoms with E-state index in [0.717, 1.165) is 6.42 Å². The fraction of sp³-hybridized carbons (Fsp3) is 0.556. The molecule has 2 rings (SSSR count). The minimum Gasteiger partial charge on any atom is -0.493 e. The molecule has 0 saturated carbocycles. The van der Waals surface area contributed by atoms with Crippen molar-refractivity contribution in [1.29, 1.82) is 0 Å². The highest BCUT2D eigenvalue weighted by atomic mass is 16.5. The number of aliphatic hydroxyl groups excluding tert-OH is 1. The van der Waals surface area contributed by atoms with Gasteiger partial charge in [-0.2, -0.15) is 0 Å². The molecule has 2 amide bonds. The number of primary amides is 1. The summed E-state index contributed by atoms with van der Waals surface area (Å²) in [5.41, 5.74) is 5.96. The molecule has 0 aliphatic carbocycles. The summed E-state index contributed by atoms with van der Waals surface area (Å²) < 4.78 is 16.3. The largest absolute Gasteiger partial charge is 0.493 e. The van der Waals surface area contributed by atoms with Crippen LogP contribution in [0.5, 0.6) is 17.2 Å². The second-order valence-electron chi connectivity index (χ2n) is 6.30. The molecule has 26 heavy (non-hydrogen) atoms. The molecule has 0 unspecified atom stereocenters. The zero-order valence-corrected chi connectivity index (χ0v) is 15.4. The van der Waals surface area contributed by atoms with Crippen LogP contribution in [0.25, 0.3) is 0 Å². The van der Waals surface area contributed by atoms with E-state index in [9.17, 15) is 14.7 Å². The van der Waals surface area contributed by atoms with Gasteiger partial charge in [-0.05, 0) is 37.5 Å². The van der Waals surface area contributed by atoms with E-state index in [4.69, 9.17) is 19.9 Å². The molecular formula is C18H26N2O6. The lowest BCUT2D eigenvalue weighted by atomic mass is 9.97. The van der Waals surface area contributed by atoms with Crippen molar-refractivity contribution in [2.75, 3.05) is 33.9 Å². The monoisotopic (exact) mass is 366 g/mol. The summed E-state index contributed by atoms with van der Waals surface area (Å²) in [6.07, 6.45) is 0.727. The molecular weight excluding hydrogens is 340 g/mol. The molecule has 1 fully saturated rings. The molecule has 1 aromatic rings. The fourth-order valence-electron chi connectivity index (χ4n) is 2.94. The molecule has 1 heterocycles. The third kappa shape index (κ3) is 4.57. The highest BCUT2D eigenvalue weighted by Crippen LogP contribution is 2.40. The zero-order chi connectivity index (χ0) is 19.3. The molecule has 0 spiro atoms. The number of hydrogen-bond donors (Lipinski definition) is 2. The van der Waals surface area contributed by atoms with Gasteiger partial charge >= 0.3 is 0 Å². The Kier molecular flexibility index (Phi) is 6.68. The first-order valence-corrected chi connectivity index (χ1v) is 8.51. The van der Waals surface area contributed by atoms with E-state index < -0.39 is 6.10 Å². The second kappa shape index (κ2) is 8.75. The van der Waals surface area contributed by atoms with E-state index in [1.165, 1.54) is 14.2 Å². The Hall–Kier alpha value is -2.48. The summed E-state index contributed by atoms with van der Waals surface area (Å²) in [7, 11) is 2.94. The first kappa shape index (κ1) is 19.8. The van der Waals surface area contributed by atoms with Crippen LogP contribution in [-0.2, 0) is 9.59 Å². The molecule has 1 aliphatic rings. The maximum atomic E-state index is 12.4. The van der Waals surface area contributed by atoms with Crippen LogP contribution in [0.4, 0.5) is 0 Å². The third-order valence-corrected chi connectivity index (χ3v) is 4.48. The lowest BCUT2D eigenvalue weighted by Crippen LogP contribution is -2.45. The van der Waals surface area contributed by atoms with Crippen molar-refractivity contribution in [3.8, 4) is 17.2 Å². The van der Waals surface area contributed by atoms with Gasteiger partial charge in [0.1, 0.15) is 0 Å².